The minimum Gasteiger partial charge on any atom is -0.322 e. The van der Waals surface area contributed by atoms with Crippen molar-refractivity contribution in [3.63, 3.8) is 0 Å². The van der Waals surface area contributed by atoms with Crippen molar-refractivity contribution in [3.8, 4) is 5.69 Å². The van der Waals surface area contributed by atoms with E-state index in [1.807, 2.05) is 0 Å². The molecule has 0 radical (unpaired) electrons. The molecule has 0 aliphatic heterocycles. The minimum atomic E-state index is -0.534. The second kappa shape index (κ2) is 5.90. The maximum absolute atomic E-state index is 13.5. The van der Waals surface area contributed by atoms with Crippen molar-refractivity contribution in [2.45, 2.75) is 0 Å². The Balaban J connectivity index is 1.97. The predicted molar refractivity (Wildman–Crippen MR) is 78.5 cm³/mol. The van der Waals surface area contributed by atoms with E-state index < -0.39 is 11.7 Å². The molecule has 0 aliphatic carbocycles. The molecule has 0 atom stereocenters. The summed E-state index contributed by atoms with van der Waals surface area (Å²) < 4.78 is 14.8. The maximum Gasteiger partial charge on any atom is 0.257 e. The van der Waals surface area contributed by atoms with E-state index in [9.17, 15) is 9.18 Å². The molecule has 0 aliphatic rings. The smallest absolute Gasteiger partial charge is 0.257 e. The Morgan fingerprint density at radius 2 is 2.09 bits per heavy atom. The molecule has 8 heteroatoms. The molecule has 0 fully saturated rings. The number of nitrogens with zero attached hydrogens (tertiary/aromatic N) is 4. The van der Waals surface area contributed by atoms with E-state index in [0.717, 1.165) is 6.07 Å². The van der Waals surface area contributed by atoms with Gasteiger partial charge in [-0.05, 0) is 46.8 Å². The Bertz CT molecular complexity index is 822. The average molecular weight is 318 g/mol. The molecule has 1 heterocycles. The molecule has 0 spiro atoms. The zero-order chi connectivity index (χ0) is 15.5. The highest BCUT2D eigenvalue weighted by atomic mass is 35.5. The van der Waals surface area contributed by atoms with E-state index in [0.29, 0.717) is 16.4 Å². The lowest BCUT2D eigenvalue weighted by atomic mass is 10.1. The molecule has 0 saturated heterocycles. The fourth-order valence-electron chi connectivity index (χ4n) is 1.93. The maximum atomic E-state index is 13.5. The van der Waals surface area contributed by atoms with Crippen LogP contribution in [-0.4, -0.2) is 26.1 Å². The Morgan fingerprint density at radius 1 is 1.23 bits per heavy atom. The van der Waals surface area contributed by atoms with Crippen LogP contribution in [0.5, 0.6) is 0 Å². The number of nitrogens with one attached hydrogen (secondary N) is 1. The van der Waals surface area contributed by atoms with Crippen LogP contribution in [0.15, 0.2) is 48.8 Å². The van der Waals surface area contributed by atoms with E-state index in [2.05, 4.69) is 20.8 Å². The Morgan fingerprint density at radius 3 is 2.82 bits per heavy atom. The summed E-state index contributed by atoms with van der Waals surface area (Å²) in [7, 11) is 0. The highest BCUT2D eigenvalue weighted by Crippen LogP contribution is 2.19. The second-order valence-electron chi connectivity index (χ2n) is 4.38. The SMILES string of the molecule is O=C(Nc1cccc(Cl)c1)c1cc(F)ccc1-n1cnnn1. The first kappa shape index (κ1) is 14.2. The van der Waals surface area contributed by atoms with Crippen LogP contribution in [0.1, 0.15) is 10.4 Å². The normalized spacial score (nSPS) is 10.5. The van der Waals surface area contributed by atoms with Gasteiger partial charge in [0.1, 0.15) is 12.1 Å². The lowest BCUT2D eigenvalue weighted by Crippen LogP contribution is -2.15. The molecule has 0 bridgehead atoms. The van der Waals surface area contributed by atoms with Gasteiger partial charge >= 0.3 is 0 Å². The van der Waals surface area contributed by atoms with Crippen molar-refractivity contribution in [1.29, 1.82) is 0 Å². The van der Waals surface area contributed by atoms with Crippen LogP contribution in [0.2, 0.25) is 5.02 Å². The predicted octanol–water partition coefficient (Wildman–Crippen LogP) is 2.71. The molecule has 110 valence electrons. The molecule has 1 N–H and O–H groups in total. The van der Waals surface area contributed by atoms with Crippen LogP contribution < -0.4 is 5.32 Å². The van der Waals surface area contributed by atoms with Crippen molar-refractivity contribution in [3.05, 3.63) is 65.2 Å². The summed E-state index contributed by atoms with van der Waals surface area (Å²) >= 11 is 5.87. The van der Waals surface area contributed by atoms with Crippen LogP contribution in [0.4, 0.5) is 10.1 Å². The third-order valence-corrected chi connectivity index (χ3v) is 3.12. The van der Waals surface area contributed by atoms with Gasteiger partial charge in [0.25, 0.3) is 5.91 Å². The number of hydrogen-bond donors (Lipinski definition) is 1. The molecule has 3 aromatic rings. The number of tetrazole rings is 1. The summed E-state index contributed by atoms with van der Waals surface area (Å²) in [5.41, 5.74) is 0.975. The summed E-state index contributed by atoms with van der Waals surface area (Å²) in [6, 6.07) is 10.4. The fraction of sp³-hybridized carbons (Fsp3) is 0. The van der Waals surface area contributed by atoms with E-state index >= 15 is 0 Å². The van der Waals surface area contributed by atoms with Crippen LogP contribution in [0, 0.1) is 5.82 Å². The zero-order valence-electron chi connectivity index (χ0n) is 11.1. The van der Waals surface area contributed by atoms with Gasteiger partial charge in [0, 0.05) is 10.7 Å². The Kier molecular flexibility index (Phi) is 3.80. The van der Waals surface area contributed by atoms with Crippen molar-refractivity contribution in [2.75, 3.05) is 5.32 Å². The summed E-state index contributed by atoms with van der Waals surface area (Å²) in [4.78, 5) is 12.4. The van der Waals surface area contributed by atoms with Crippen molar-refractivity contribution >= 4 is 23.2 Å². The molecule has 0 saturated carbocycles. The highest BCUT2D eigenvalue weighted by molar-refractivity contribution is 6.31. The van der Waals surface area contributed by atoms with Crippen molar-refractivity contribution < 1.29 is 9.18 Å². The number of carbonyl (C=O) groups excluding carboxylic acids is 1. The second-order valence-corrected chi connectivity index (χ2v) is 4.82. The number of rotatable bonds is 3. The molecule has 6 nitrogen and oxygen atoms in total. The topological polar surface area (TPSA) is 72.7 Å². The lowest BCUT2D eigenvalue weighted by Gasteiger charge is -2.10. The van der Waals surface area contributed by atoms with Gasteiger partial charge in [-0.25, -0.2) is 4.39 Å². The minimum absolute atomic E-state index is 0.104. The molecular formula is C14H9ClFN5O. The number of aromatic nitrogens is 4. The molecule has 3 rings (SSSR count). The van der Waals surface area contributed by atoms with Crippen LogP contribution in [-0.2, 0) is 0 Å². The first-order valence-corrected chi connectivity index (χ1v) is 6.61. The van der Waals surface area contributed by atoms with E-state index in [4.69, 9.17) is 11.6 Å². The van der Waals surface area contributed by atoms with E-state index in [1.54, 1.807) is 24.3 Å². The van der Waals surface area contributed by atoms with Crippen LogP contribution in [0.25, 0.3) is 5.69 Å². The summed E-state index contributed by atoms with van der Waals surface area (Å²) in [6.07, 6.45) is 1.32. The number of halogens is 2. The van der Waals surface area contributed by atoms with Crippen molar-refractivity contribution in [2.24, 2.45) is 0 Å². The average Bonchev–Trinajstić information content (AvgIpc) is 3.01. The number of benzene rings is 2. The molecule has 0 unspecified atom stereocenters. The summed E-state index contributed by atoms with van der Waals surface area (Å²) in [5, 5.41) is 13.9. The Labute approximate surface area is 129 Å². The molecule has 22 heavy (non-hydrogen) atoms. The van der Waals surface area contributed by atoms with Gasteiger partial charge in [-0.15, -0.1) is 5.10 Å². The largest absolute Gasteiger partial charge is 0.322 e. The van der Waals surface area contributed by atoms with Crippen LogP contribution in [0.3, 0.4) is 0 Å². The summed E-state index contributed by atoms with van der Waals surface area (Å²) in [5.74, 6) is -1.03. The van der Waals surface area contributed by atoms with Gasteiger partial charge in [-0.1, -0.05) is 17.7 Å². The third-order valence-electron chi connectivity index (χ3n) is 2.88. The summed E-state index contributed by atoms with van der Waals surface area (Å²) in [6.45, 7) is 0. The Hall–Kier alpha value is -2.80. The number of hydrogen-bond acceptors (Lipinski definition) is 4. The first-order valence-electron chi connectivity index (χ1n) is 6.23. The zero-order valence-corrected chi connectivity index (χ0v) is 11.8. The standard InChI is InChI=1S/C14H9ClFN5O/c15-9-2-1-3-11(6-9)18-14(22)12-7-10(16)4-5-13(12)21-8-17-19-20-21/h1-8H,(H,18,22). The van der Waals surface area contributed by atoms with Gasteiger partial charge in [0.05, 0.1) is 11.3 Å². The highest BCUT2D eigenvalue weighted by Gasteiger charge is 2.15. The molecule has 1 amide bonds. The molecule has 1 aromatic heterocycles. The molecule has 2 aromatic carbocycles. The van der Waals surface area contributed by atoms with Crippen LogP contribution >= 0.6 is 11.6 Å². The number of carbonyl (C=O) groups is 1. The van der Waals surface area contributed by atoms with Gasteiger partial charge in [0.2, 0.25) is 0 Å². The quantitative estimate of drug-likeness (QED) is 0.806. The monoisotopic (exact) mass is 317 g/mol. The third kappa shape index (κ3) is 2.94. The van der Waals surface area contributed by atoms with Gasteiger partial charge in [-0.3, -0.25) is 4.79 Å². The van der Waals surface area contributed by atoms with Gasteiger partial charge in [0.15, 0.2) is 0 Å². The lowest BCUT2D eigenvalue weighted by molar-refractivity contribution is 0.102. The van der Waals surface area contributed by atoms with E-state index in [1.165, 1.54) is 23.1 Å². The van der Waals surface area contributed by atoms with Crippen molar-refractivity contribution in [1.82, 2.24) is 20.2 Å². The fourth-order valence-corrected chi connectivity index (χ4v) is 2.12. The number of amides is 1. The van der Waals surface area contributed by atoms with Gasteiger partial charge in [-0.2, -0.15) is 4.68 Å². The molecular weight excluding hydrogens is 309 g/mol. The van der Waals surface area contributed by atoms with Gasteiger partial charge < -0.3 is 5.32 Å². The van der Waals surface area contributed by atoms with E-state index in [-0.39, 0.29) is 5.56 Å². The number of anilines is 1. The first-order chi connectivity index (χ1) is 10.6.